The van der Waals surface area contributed by atoms with Crippen molar-refractivity contribution in [2.45, 2.75) is 32.0 Å². The summed E-state index contributed by atoms with van der Waals surface area (Å²) in [7, 11) is 3.77. The number of rotatable bonds is 8. The number of hydrogen-bond donors (Lipinski definition) is 1. The number of nitrogens with one attached hydrogen (secondary N) is 1. The Hall–Kier alpha value is -0.420. The molecule has 0 atom stereocenters. The predicted molar refractivity (Wildman–Crippen MR) is 72.4 cm³/mol. The summed E-state index contributed by atoms with van der Waals surface area (Å²) in [4.78, 5) is 5.45. The third-order valence-electron chi connectivity index (χ3n) is 3.07. The van der Waals surface area contributed by atoms with Gasteiger partial charge >= 0.3 is 0 Å². The summed E-state index contributed by atoms with van der Waals surface area (Å²) < 4.78 is 5.18. The van der Waals surface area contributed by atoms with Crippen LogP contribution in [0, 0.1) is 0 Å². The summed E-state index contributed by atoms with van der Waals surface area (Å²) in [6.07, 6.45) is 2.72. The molecular formula is C13H22N2OS. The van der Waals surface area contributed by atoms with E-state index in [1.807, 2.05) is 18.4 Å². The SMILES string of the molecule is CNCc1ccc(CN(CCOC)C2CC2)s1. The maximum absolute atomic E-state index is 5.18. The van der Waals surface area contributed by atoms with Gasteiger partial charge in [0.25, 0.3) is 0 Å². The molecule has 1 aliphatic carbocycles. The summed E-state index contributed by atoms with van der Waals surface area (Å²) in [6, 6.07) is 5.30. The van der Waals surface area contributed by atoms with Gasteiger partial charge in [0.1, 0.15) is 0 Å². The lowest BCUT2D eigenvalue weighted by molar-refractivity contribution is 0.140. The number of hydrogen-bond acceptors (Lipinski definition) is 4. The first-order valence-electron chi connectivity index (χ1n) is 6.28. The molecule has 0 bridgehead atoms. The molecule has 1 fully saturated rings. The Morgan fingerprint density at radius 3 is 2.82 bits per heavy atom. The summed E-state index contributed by atoms with van der Waals surface area (Å²) >= 11 is 1.92. The minimum atomic E-state index is 0.806. The fourth-order valence-corrected chi connectivity index (χ4v) is 3.07. The number of nitrogens with zero attached hydrogens (tertiary/aromatic N) is 1. The first kappa shape index (κ1) is 13.0. The largest absolute Gasteiger partial charge is 0.383 e. The molecule has 0 aliphatic heterocycles. The van der Waals surface area contributed by atoms with Gasteiger partial charge in [0, 0.05) is 42.5 Å². The van der Waals surface area contributed by atoms with Crippen molar-refractivity contribution in [3.63, 3.8) is 0 Å². The van der Waals surface area contributed by atoms with Gasteiger partial charge < -0.3 is 10.1 Å². The summed E-state index contributed by atoms with van der Waals surface area (Å²) in [5, 5.41) is 3.20. The van der Waals surface area contributed by atoms with Crippen molar-refractivity contribution >= 4 is 11.3 Å². The van der Waals surface area contributed by atoms with E-state index in [9.17, 15) is 0 Å². The van der Waals surface area contributed by atoms with Crippen LogP contribution in [0.15, 0.2) is 12.1 Å². The topological polar surface area (TPSA) is 24.5 Å². The average molecular weight is 254 g/mol. The first-order chi connectivity index (χ1) is 8.33. The predicted octanol–water partition coefficient (Wildman–Crippen LogP) is 2.08. The molecule has 2 rings (SSSR count). The maximum Gasteiger partial charge on any atom is 0.0589 e. The molecule has 1 saturated carbocycles. The van der Waals surface area contributed by atoms with Crippen LogP contribution in [0.5, 0.6) is 0 Å². The molecule has 96 valence electrons. The van der Waals surface area contributed by atoms with E-state index in [2.05, 4.69) is 22.3 Å². The summed E-state index contributed by atoms with van der Waals surface area (Å²) in [6.45, 7) is 3.96. The van der Waals surface area contributed by atoms with Crippen LogP contribution < -0.4 is 5.32 Å². The van der Waals surface area contributed by atoms with Gasteiger partial charge in [-0.1, -0.05) is 0 Å². The molecule has 1 aliphatic rings. The second-order valence-corrected chi connectivity index (χ2v) is 5.85. The third kappa shape index (κ3) is 4.07. The normalized spacial score (nSPS) is 15.7. The lowest BCUT2D eigenvalue weighted by Gasteiger charge is -2.20. The molecule has 0 aromatic carbocycles. The van der Waals surface area contributed by atoms with Crippen LogP contribution in [0.3, 0.4) is 0 Å². The lowest BCUT2D eigenvalue weighted by Crippen LogP contribution is -2.28. The quantitative estimate of drug-likeness (QED) is 0.769. The Balaban J connectivity index is 1.87. The third-order valence-corrected chi connectivity index (χ3v) is 4.14. The van der Waals surface area contributed by atoms with Gasteiger partial charge in [-0.3, -0.25) is 4.90 Å². The van der Waals surface area contributed by atoms with E-state index in [-0.39, 0.29) is 0 Å². The zero-order chi connectivity index (χ0) is 12.1. The van der Waals surface area contributed by atoms with Gasteiger partial charge in [-0.05, 0) is 32.0 Å². The molecule has 0 spiro atoms. The molecule has 0 unspecified atom stereocenters. The highest BCUT2D eigenvalue weighted by atomic mass is 32.1. The van der Waals surface area contributed by atoms with Gasteiger partial charge in [-0.2, -0.15) is 0 Å². The Morgan fingerprint density at radius 2 is 2.18 bits per heavy atom. The van der Waals surface area contributed by atoms with Crippen LogP contribution in [0.4, 0.5) is 0 Å². The van der Waals surface area contributed by atoms with Crippen LogP contribution in [-0.2, 0) is 17.8 Å². The van der Waals surface area contributed by atoms with Gasteiger partial charge in [0.05, 0.1) is 6.61 Å². The Kier molecular flexibility index (Phi) is 4.98. The molecule has 0 saturated heterocycles. The highest BCUT2D eigenvalue weighted by molar-refractivity contribution is 7.11. The van der Waals surface area contributed by atoms with Crippen molar-refractivity contribution in [2.24, 2.45) is 0 Å². The van der Waals surface area contributed by atoms with E-state index in [1.165, 1.54) is 22.6 Å². The van der Waals surface area contributed by atoms with Crippen molar-refractivity contribution < 1.29 is 4.74 Å². The van der Waals surface area contributed by atoms with Gasteiger partial charge in [-0.15, -0.1) is 11.3 Å². The van der Waals surface area contributed by atoms with Gasteiger partial charge in [0.2, 0.25) is 0 Å². The highest BCUT2D eigenvalue weighted by Gasteiger charge is 2.28. The number of ether oxygens (including phenoxy) is 1. The molecule has 1 N–H and O–H groups in total. The maximum atomic E-state index is 5.18. The van der Waals surface area contributed by atoms with Crippen LogP contribution in [0.2, 0.25) is 0 Å². The van der Waals surface area contributed by atoms with E-state index in [4.69, 9.17) is 4.74 Å². The van der Waals surface area contributed by atoms with E-state index in [1.54, 1.807) is 7.11 Å². The van der Waals surface area contributed by atoms with Gasteiger partial charge in [0.15, 0.2) is 0 Å². The Bertz CT molecular complexity index is 336. The van der Waals surface area contributed by atoms with Crippen molar-refractivity contribution in [1.82, 2.24) is 10.2 Å². The van der Waals surface area contributed by atoms with Crippen molar-refractivity contribution in [3.8, 4) is 0 Å². The van der Waals surface area contributed by atoms with Crippen molar-refractivity contribution in [3.05, 3.63) is 21.9 Å². The Morgan fingerprint density at radius 1 is 1.41 bits per heavy atom. The Labute approximate surface area is 108 Å². The van der Waals surface area contributed by atoms with Crippen LogP contribution in [0.1, 0.15) is 22.6 Å². The fraction of sp³-hybridized carbons (Fsp3) is 0.692. The number of methoxy groups -OCH3 is 1. The first-order valence-corrected chi connectivity index (χ1v) is 7.10. The second kappa shape index (κ2) is 6.50. The standard InChI is InChI=1S/C13H22N2OS/c1-14-9-12-5-6-13(17-12)10-15(7-8-16-2)11-3-4-11/h5-6,11,14H,3-4,7-10H2,1-2H3. The molecule has 17 heavy (non-hydrogen) atoms. The zero-order valence-corrected chi connectivity index (χ0v) is 11.6. The molecule has 1 heterocycles. The molecule has 0 amide bonds. The summed E-state index contributed by atoms with van der Waals surface area (Å²) in [5.74, 6) is 0. The van der Waals surface area contributed by atoms with Crippen molar-refractivity contribution in [2.75, 3.05) is 27.3 Å². The van der Waals surface area contributed by atoms with Crippen LogP contribution in [-0.4, -0.2) is 38.3 Å². The smallest absolute Gasteiger partial charge is 0.0589 e. The van der Waals surface area contributed by atoms with Crippen LogP contribution >= 0.6 is 11.3 Å². The van der Waals surface area contributed by atoms with Gasteiger partial charge in [-0.25, -0.2) is 0 Å². The van der Waals surface area contributed by atoms with E-state index >= 15 is 0 Å². The molecular weight excluding hydrogens is 232 g/mol. The minimum Gasteiger partial charge on any atom is -0.383 e. The summed E-state index contributed by atoms with van der Waals surface area (Å²) in [5.41, 5.74) is 0. The zero-order valence-electron chi connectivity index (χ0n) is 10.7. The van der Waals surface area contributed by atoms with E-state index in [0.717, 1.165) is 32.3 Å². The van der Waals surface area contributed by atoms with Crippen LogP contribution in [0.25, 0.3) is 0 Å². The monoisotopic (exact) mass is 254 g/mol. The lowest BCUT2D eigenvalue weighted by atomic mass is 10.3. The second-order valence-electron chi connectivity index (χ2n) is 4.59. The molecule has 0 radical (unpaired) electrons. The minimum absolute atomic E-state index is 0.806. The average Bonchev–Trinajstić information content (AvgIpc) is 3.08. The molecule has 3 nitrogen and oxygen atoms in total. The van der Waals surface area contributed by atoms with E-state index in [0.29, 0.717) is 0 Å². The van der Waals surface area contributed by atoms with Crippen molar-refractivity contribution in [1.29, 1.82) is 0 Å². The molecule has 1 aromatic rings. The molecule has 1 aromatic heterocycles. The van der Waals surface area contributed by atoms with E-state index < -0.39 is 0 Å². The molecule has 4 heteroatoms. The number of thiophene rings is 1. The fourth-order valence-electron chi connectivity index (χ4n) is 2.02. The highest BCUT2D eigenvalue weighted by Crippen LogP contribution is 2.29.